The van der Waals surface area contributed by atoms with E-state index in [0.29, 0.717) is 6.42 Å². The van der Waals surface area contributed by atoms with E-state index < -0.39 is 13.9 Å². The molecule has 4 nitrogen and oxygen atoms in total. The average Bonchev–Trinajstić information content (AvgIpc) is 2.14. The van der Waals surface area contributed by atoms with Crippen LogP contribution in [0.25, 0.3) is 0 Å². The third-order valence-corrected chi connectivity index (χ3v) is 2.34. The summed E-state index contributed by atoms with van der Waals surface area (Å²) < 4.78 is 15.3. The molecule has 1 unspecified atom stereocenters. The number of benzene rings is 1. The number of phosphoric acid groups is 1. The highest BCUT2D eigenvalue weighted by molar-refractivity contribution is 7.46. The molecule has 1 atom stereocenters. The first-order chi connectivity index (χ1) is 6.53. The van der Waals surface area contributed by atoms with E-state index in [0.717, 1.165) is 5.56 Å². The minimum atomic E-state index is -4.40. The lowest BCUT2D eigenvalue weighted by atomic mass is 10.1. The van der Waals surface area contributed by atoms with Crippen LogP contribution in [0.15, 0.2) is 30.3 Å². The van der Waals surface area contributed by atoms with Gasteiger partial charge < -0.3 is 9.79 Å². The van der Waals surface area contributed by atoms with Gasteiger partial charge in [0.1, 0.15) is 0 Å². The lowest BCUT2D eigenvalue weighted by Gasteiger charge is -2.16. The average molecular weight is 216 g/mol. The molecule has 0 bridgehead atoms. The fourth-order valence-corrected chi connectivity index (χ4v) is 1.81. The normalized spacial score (nSPS) is 13.9. The van der Waals surface area contributed by atoms with Crippen molar-refractivity contribution in [2.45, 2.75) is 19.4 Å². The van der Waals surface area contributed by atoms with Gasteiger partial charge in [-0.2, -0.15) is 0 Å². The Morgan fingerprint density at radius 2 is 1.93 bits per heavy atom. The zero-order valence-electron chi connectivity index (χ0n) is 7.83. The van der Waals surface area contributed by atoms with Crippen molar-refractivity contribution in [2.75, 3.05) is 0 Å². The summed E-state index contributed by atoms with van der Waals surface area (Å²) in [5.74, 6) is 0. The fourth-order valence-electron chi connectivity index (χ4n) is 1.20. The van der Waals surface area contributed by atoms with E-state index in [-0.39, 0.29) is 0 Å². The maximum Gasteiger partial charge on any atom is 0.470 e. The van der Waals surface area contributed by atoms with Crippen molar-refractivity contribution in [1.82, 2.24) is 0 Å². The third-order valence-electron chi connectivity index (χ3n) is 1.81. The van der Waals surface area contributed by atoms with Gasteiger partial charge in [-0.1, -0.05) is 37.3 Å². The number of rotatable bonds is 4. The lowest BCUT2D eigenvalue weighted by molar-refractivity contribution is 0.131. The van der Waals surface area contributed by atoms with Crippen molar-refractivity contribution in [2.24, 2.45) is 0 Å². The molecule has 1 aromatic rings. The van der Waals surface area contributed by atoms with Crippen LogP contribution >= 0.6 is 7.82 Å². The monoisotopic (exact) mass is 216 g/mol. The first kappa shape index (κ1) is 11.4. The first-order valence-corrected chi connectivity index (χ1v) is 5.85. The predicted molar refractivity (Wildman–Crippen MR) is 52.6 cm³/mol. The smallest absolute Gasteiger partial charge is 0.303 e. The quantitative estimate of drug-likeness (QED) is 0.757. The Morgan fingerprint density at radius 1 is 1.36 bits per heavy atom. The van der Waals surface area contributed by atoms with E-state index in [1.165, 1.54) is 0 Å². The van der Waals surface area contributed by atoms with Crippen LogP contribution in [0.5, 0.6) is 0 Å². The molecule has 0 aromatic heterocycles. The summed E-state index contributed by atoms with van der Waals surface area (Å²) in [6.07, 6.45) is -0.0215. The molecule has 0 radical (unpaired) electrons. The number of hydrogen-bond acceptors (Lipinski definition) is 2. The molecule has 0 aliphatic rings. The van der Waals surface area contributed by atoms with E-state index >= 15 is 0 Å². The second kappa shape index (κ2) is 4.71. The minimum absolute atomic E-state index is 0.523. The van der Waals surface area contributed by atoms with Crippen LogP contribution < -0.4 is 0 Å². The highest BCUT2D eigenvalue weighted by atomic mass is 31.2. The first-order valence-electron chi connectivity index (χ1n) is 4.32. The Balaban J connectivity index is 2.78. The standard InChI is InChI=1S/C9H13O4P/c1-2-9(13-14(10,11)12)8-6-4-3-5-7-8/h3-7,9H,2H2,1H3,(H2,10,11,12). The Hall–Kier alpha value is -0.670. The molecule has 0 heterocycles. The molecule has 5 heteroatoms. The molecule has 1 aromatic carbocycles. The molecule has 14 heavy (non-hydrogen) atoms. The minimum Gasteiger partial charge on any atom is -0.303 e. The van der Waals surface area contributed by atoms with E-state index in [9.17, 15) is 4.57 Å². The molecule has 0 aliphatic heterocycles. The van der Waals surface area contributed by atoms with Crippen molar-refractivity contribution in [1.29, 1.82) is 0 Å². The summed E-state index contributed by atoms with van der Waals surface area (Å²) in [6, 6.07) is 9.02. The summed E-state index contributed by atoms with van der Waals surface area (Å²) in [4.78, 5) is 17.3. The molecular formula is C9H13O4P. The van der Waals surface area contributed by atoms with Crippen LogP contribution in [0.4, 0.5) is 0 Å². The van der Waals surface area contributed by atoms with Gasteiger partial charge in [-0.05, 0) is 12.0 Å². The molecular weight excluding hydrogens is 203 g/mol. The zero-order valence-corrected chi connectivity index (χ0v) is 8.72. The largest absolute Gasteiger partial charge is 0.470 e. The Morgan fingerprint density at radius 3 is 2.36 bits per heavy atom. The zero-order chi connectivity index (χ0) is 10.6. The Labute approximate surface area is 82.8 Å². The Kier molecular flexibility index (Phi) is 3.84. The molecule has 78 valence electrons. The number of phosphoric ester groups is 1. The third kappa shape index (κ3) is 3.60. The summed E-state index contributed by atoms with van der Waals surface area (Å²) in [5.41, 5.74) is 0.776. The summed E-state index contributed by atoms with van der Waals surface area (Å²) in [6.45, 7) is 1.81. The number of hydrogen-bond donors (Lipinski definition) is 2. The molecule has 0 spiro atoms. The van der Waals surface area contributed by atoms with Crippen molar-refractivity contribution in [3.63, 3.8) is 0 Å². The summed E-state index contributed by atoms with van der Waals surface area (Å²) in [7, 11) is -4.40. The molecule has 0 amide bonds. The molecule has 0 saturated heterocycles. The van der Waals surface area contributed by atoms with Gasteiger partial charge in [0.15, 0.2) is 0 Å². The maximum absolute atomic E-state index is 10.6. The SMILES string of the molecule is CCC(OP(=O)(O)O)c1ccccc1. The van der Waals surface area contributed by atoms with Crippen LogP contribution in [-0.2, 0) is 9.09 Å². The van der Waals surface area contributed by atoms with Crippen LogP contribution in [-0.4, -0.2) is 9.79 Å². The van der Waals surface area contributed by atoms with Crippen LogP contribution in [0, 0.1) is 0 Å². The van der Waals surface area contributed by atoms with Crippen LogP contribution in [0.3, 0.4) is 0 Å². The van der Waals surface area contributed by atoms with E-state index in [1.54, 1.807) is 24.3 Å². The molecule has 0 aliphatic carbocycles. The molecule has 0 fully saturated rings. The lowest BCUT2D eigenvalue weighted by Crippen LogP contribution is -2.01. The van der Waals surface area contributed by atoms with Gasteiger partial charge in [-0.3, -0.25) is 4.52 Å². The Bertz CT molecular complexity index is 319. The van der Waals surface area contributed by atoms with E-state index in [4.69, 9.17) is 9.79 Å². The highest BCUT2D eigenvalue weighted by Crippen LogP contribution is 2.43. The van der Waals surface area contributed by atoms with Gasteiger partial charge in [0.05, 0.1) is 6.10 Å². The fraction of sp³-hybridized carbons (Fsp3) is 0.333. The van der Waals surface area contributed by atoms with Gasteiger partial charge in [0.25, 0.3) is 0 Å². The van der Waals surface area contributed by atoms with Crippen LogP contribution in [0.1, 0.15) is 25.0 Å². The van der Waals surface area contributed by atoms with Gasteiger partial charge in [0, 0.05) is 0 Å². The van der Waals surface area contributed by atoms with Crippen molar-refractivity contribution in [3.05, 3.63) is 35.9 Å². The highest BCUT2D eigenvalue weighted by Gasteiger charge is 2.21. The van der Waals surface area contributed by atoms with Gasteiger partial charge in [-0.15, -0.1) is 0 Å². The summed E-state index contributed by atoms with van der Waals surface area (Å²) in [5, 5.41) is 0. The van der Waals surface area contributed by atoms with Crippen LogP contribution in [0.2, 0.25) is 0 Å². The van der Waals surface area contributed by atoms with Crippen molar-refractivity contribution >= 4 is 7.82 Å². The second-order valence-electron chi connectivity index (χ2n) is 2.90. The topological polar surface area (TPSA) is 66.8 Å². The van der Waals surface area contributed by atoms with Gasteiger partial charge >= 0.3 is 7.82 Å². The maximum atomic E-state index is 10.6. The molecule has 2 N–H and O–H groups in total. The van der Waals surface area contributed by atoms with E-state index in [2.05, 4.69) is 4.52 Å². The second-order valence-corrected chi connectivity index (χ2v) is 4.10. The molecule has 1 rings (SSSR count). The van der Waals surface area contributed by atoms with Gasteiger partial charge in [0.2, 0.25) is 0 Å². The predicted octanol–water partition coefficient (Wildman–Crippen LogP) is 2.25. The molecule has 0 saturated carbocycles. The van der Waals surface area contributed by atoms with Gasteiger partial charge in [-0.25, -0.2) is 4.57 Å². The van der Waals surface area contributed by atoms with Crippen molar-refractivity contribution < 1.29 is 18.9 Å². The van der Waals surface area contributed by atoms with Crippen molar-refractivity contribution in [3.8, 4) is 0 Å². The van der Waals surface area contributed by atoms with E-state index in [1.807, 2.05) is 13.0 Å². The summed E-state index contributed by atoms with van der Waals surface area (Å²) >= 11 is 0.